The smallest absolute Gasteiger partial charge is 0.252 e. The van der Waals surface area contributed by atoms with E-state index >= 15 is 0 Å². The Balaban J connectivity index is 1.37. The number of carbonyl (C=O) groups excluding carboxylic acids is 1. The molecule has 3 aromatic rings. The van der Waals surface area contributed by atoms with Crippen molar-refractivity contribution in [3.05, 3.63) is 52.4 Å². The van der Waals surface area contributed by atoms with E-state index in [1.165, 1.54) is 21.4 Å². The van der Waals surface area contributed by atoms with Crippen LogP contribution in [0.1, 0.15) is 16.3 Å². The van der Waals surface area contributed by atoms with Crippen molar-refractivity contribution in [1.82, 2.24) is 19.7 Å². The molecule has 1 amide bonds. The summed E-state index contributed by atoms with van der Waals surface area (Å²) >= 11 is 1.81. The molecule has 0 saturated carbocycles. The van der Waals surface area contributed by atoms with E-state index in [1.54, 1.807) is 6.20 Å². The van der Waals surface area contributed by atoms with Crippen LogP contribution < -0.4 is 10.2 Å². The summed E-state index contributed by atoms with van der Waals surface area (Å²) in [4.78, 5) is 24.0. The number of amides is 1. The fourth-order valence-corrected chi connectivity index (χ4v) is 3.75. The molecule has 0 radical (unpaired) electrons. The van der Waals surface area contributed by atoms with Crippen LogP contribution in [0.2, 0.25) is 0 Å². The molecule has 9 heteroatoms. The fraction of sp³-hybridized carbons (Fsp3) is 0.235. The predicted molar refractivity (Wildman–Crippen MR) is 96.7 cm³/mol. The van der Waals surface area contributed by atoms with E-state index in [4.69, 9.17) is 5.26 Å². The third-order valence-corrected chi connectivity index (χ3v) is 5.13. The molecule has 0 unspecified atom stereocenters. The van der Waals surface area contributed by atoms with Crippen LogP contribution in [0.5, 0.6) is 0 Å². The minimum atomic E-state index is -0.255. The number of pyridine rings is 1. The Morgan fingerprint density at radius 1 is 1.35 bits per heavy atom. The average Bonchev–Trinajstić information content (AvgIpc) is 3.30. The summed E-state index contributed by atoms with van der Waals surface area (Å²) in [5.41, 5.74) is 1.98. The molecular weight excluding hydrogens is 350 g/mol. The first-order valence-electron chi connectivity index (χ1n) is 8.07. The van der Waals surface area contributed by atoms with Gasteiger partial charge in [-0.25, -0.2) is 14.6 Å². The van der Waals surface area contributed by atoms with Gasteiger partial charge in [0, 0.05) is 18.0 Å². The number of carbonyl (C=O) groups is 1. The quantitative estimate of drug-likeness (QED) is 0.757. The number of nitrogens with one attached hydrogen (secondary N) is 1. The van der Waals surface area contributed by atoms with E-state index in [0.717, 1.165) is 25.3 Å². The van der Waals surface area contributed by atoms with Crippen molar-refractivity contribution >= 4 is 28.7 Å². The number of hydrogen-bond donors (Lipinski definition) is 1. The molecule has 0 spiro atoms. The fourth-order valence-electron chi connectivity index (χ4n) is 2.86. The first kappa shape index (κ1) is 16.2. The second-order valence-electron chi connectivity index (χ2n) is 5.87. The lowest BCUT2D eigenvalue weighted by molar-refractivity contribution is -0.116. The van der Waals surface area contributed by atoms with Gasteiger partial charge in [-0.3, -0.25) is 4.79 Å². The van der Waals surface area contributed by atoms with Gasteiger partial charge in [0.2, 0.25) is 5.91 Å². The molecule has 1 aliphatic rings. The highest BCUT2D eigenvalue weighted by Gasteiger charge is 2.18. The Kier molecular flexibility index (Phi) is 4.33. The number of hydrogen-bond acceptors (Lipinski definition) is 7. The van der Waals surface area contributed by atoms with Crippen LogP contribution in [0, 0.1) is 11.3 Å². The zero-order chi connectivity index (χ0) is 17.9. The highest BCUT2D eigenvalue weighted by Crippen LogP contribution is 2.27. The number of aromatic nitrogens is 4. The summed E-state index contributed by atoms with van der Waals surface area (Å²) < 4.78 is 1.32. The van der Waals surface area contributed by atoms with Gasteiger partial charge in [-0.15, -0.1) is 16.4 Å². The second kappa shape index (κ2) is 6.93. The Hall–Kier alpha value is -3.25. The summed E-state index contributed by atoms with van der Waals surface area (Å²) in [7, 11) is 0. The van der Waals surface area contributed by atoms with E-state index < -0.39 is 0 Å². The molecule has 1 aliphatic heterocycles. The molecule has 0 fully saturated rings. The zero-order valence-corrected chi connectivity index (χ0v) is 14.6. The SMILES string of the molecule is N#Cc1ncn(CC(=O)Nc2ccc(N3CCc4sccc4C3)nc2)n1. The first-order valence-corrected chi connectivity index (χ1v) is 8.95. The van der Waals surface area contributed by atoms with Crippen molar-refractivity contribution < 1.29 is 4.79 Å². The molecule has 0 aliphatic carbocycles. The largest absolute Gasteiger partial charge is 0.352 e. The van der Waals surface area contributed by atoms with E-state index in [0.29, 0.717) is 5.69 Å². The summed E-state index contributed by atoms with van der Waals surface area (Å²) in [6, 6.07) is 7.74. The predicted octanol–water partition coefficient (Wildman–Crippen LogP) is 1.81. The minimum absolute atomic E-state index is 0.0104. The number of nitrogens with zero attached hydrogens (tertiary/aromatic N) is 6. The van der Waals surface area contributed by atoms with Gasteiger partial charge in [0.15, 0.2) is 0 Å². The van der Waals surface area contributed by atoms with Crippen LogP contribution in [-0.4, -0.2) is 32.2 Å². The number of rotatable bonds is 4. The maximum atomic E-state index is 12.1. The van der Waals surface area contributed by atoms with Crippen LogP contribution in [0.15, 0.2) is 36.1 Å². The van der Waals surface area contributed by atoms with Gasteiger partial charge in [-0.05, 0) is 35.6 Å². The summed E-state index contributed by atoms with van der Waals surface area (Å²) in [6.45, 7) is 1.80. The van der Waals surface area contributed by atoms with Crippen molar-refractivity contribution in [1.29, 1.82) is 5.26 Å². The Bertz CT molecular complexity index is 970. The molecule has 130 valence electrons. The van der Waals surface area contributed by atoms with E-state index in [1.807, 2.05) is 29.5 Å². The molecule has 4 heterocycles. The summed E-state index contributed by atoms with van der Waals surface area (Å²) in [6.07, 6.45) is 4.04. The zero-order valence-electron chi connectivity index (χ0n) is 13.8. The highest BCUT2D eigenvalue weighted by molar-refractivity contribution is 7.10. The molecule has 4 rings (SSSR count). The van der Waals surface area contributed by atoms with Gasteiger partial charge in [0.05, 0.1) is 11.9 Å². The van der Waals surface area contributed by atoms with Crippen molar-refractivity contribution in [2.24, 2.45) is 0 Å². The number of fused-ring (bicyclic) bond motifs is 1. The van der Waals surface area contributed by atoms with Crippen LogP contribution in [-0.2, 0) is 24.3 Å². The third kappa shape index (κ3) is 3.41. The lowest BCUT2D eigenvalue weighted by Gasteiger charge is -2.28. The van der Waals surface area contributed by atoms with Gasteiger partial charge < -0.3 is 10.2 Å². The Morgan fingerprint density at radius 3 is 3.04 bits per heavy atom. The molecule has 26 heavy (non-hydrogen) atoms. The number of anilines is 2. The molecule has 3 aromatic heterocycles. The topological polar surface area (TPSA) is 99.7 Å². The van der Waals surface area contributed by atoms with E-state index in [9.17, 15) is 4.79 Å². The van der Waals surface area contributed by atoms with Crippen LogP contribution >= 0.6 is 11.3 Å². The number of thiophene rings is 1. The van der Waals surface area contributed by atoms with Crippen LogP contribution in [0.3, 0.4) is 0 Å². The molecular formula is C17H15N7OS. The third-order valence-electron chi connectivity index (χ3n) is 4.11. The van der Waals surface area contributed by atoms with Crippen molar-refractivity contribution in [3.63, 3.8) is 0 Å². The minimum Gasteiger partial charge on any atom is -0.352 e. The summed E-state index contributed by atoms with van der Waals surface area (Å²) in [5.74, 6) is 0.684. The maximum absolute atomic E-state index is 12.1. The lowest BCUT2D eigenvalue weighted by Crippen LogP contribution is -2.30. The molecule has 0 bridgehead atoms. The molecule has 0 saturated heterocycles. The Morgan fingerprint density at radius 2 is 2.27 bits per heavy atom. The summed E-state index contributed by atoms with van der Waals surface area (Å²) in [5, 5.41) is 17.5. The lowest BCUT2D eigenvalue weighted by atomic mass is 10.1. The van der Waals surface area contributed by atoms with Gasteiger partial charge in [0.25, 0.3) is 5.82 Å². The van der Waals surface area contributed by atoms with Crippen molar-refractivity contribution in [3.8, 4) is 6.07 Å². The van der Waals surface area contributed by atoms with E-state index in [2.05, 4.69) is 36.7 Å². The standard InChI is InChI=1S/C17H15N7OS/c18-7-15-20-11-24(22-15)10-17(25)21-13-1-2-16(19-8-13)23-5-3-14-12(9-23)4-6-26-14/h1-2,4,6,8,11H,3,5,9-10H2,(H,21,25). The molecule has 0 atom stereocenters. The average molecular weight is 365 g/mol. The van der Waals surface area contributed by atoms with Crippen molar-refractivity contribution in [2.45, 2.75) is 19.5 Å². The second-order valence-corrected chi connectivity index (χ2v) is 6.87. The van der Waals surface area contributed by atoms with E-state index in [-0.39, 0.29) is 18.3 Å². The monoisotopic (exact) mass is 365 g/mol. The molecule has 8 nitrogen and oxygen atoms in total. The maximum Gasteiger partial charge on any atom is 0.252 e. The van der Waals surface area contributed by atoms with Gasteiger partial charge >= 0.3 is 0 Å². The normalized spacial score (nSPS) is 13.1. The molecule has 1 N–H and O–H groups in total. The number of nitriles is 1. The Labute approximate surface area is 153 Å². The van der Waals surface area contributed by atoms with Gasteiger partial charge in [0.1, 0.15) is 24.8 Å². The molecule has 0 aromatic carbocycles. The van der Waals surface area contributed by atoms with Crippen molar-refractivity contribution in [2.75, 3.05) is 16.8 Å². The van der Waals surface area contributed by atoms with Crippen LogP contribution in [0.4, 0.5) is 11.5 Å². The first-order chi connectivity index (χ1) is 12.7. The van der Waals surface area contributed by atoms with Gasteiger partial charge in [-0.2, -0.15) is 5.26 Å². The van der Waals surface area contributed by atoms with Gasteiger partial charge in [-0.1, -0.05) is 0 Å². The highest BCUT2D eigenvalue weighted by atomic mass is 32.1. The van der Waals surface area contributed by atoms with Crippen LogP contribution in [0.25, 0.3) is 0 Å².